The van der Waals surface area contributed by atoms with Crippen molar-refractivity contribution in [1.82, 2.24) is 14.8 Å². The zero-order valence-electron chi connectivity index (χ0n) is 15.1. The van der Waals surface area contributed by atoms with Gasteiger partial charge in [0.25, 0.3) is 11.1 Å². The fraction of sp³-hybridized carbons (Fsp3) is 0.300. The predicted octanol–water partition coefficient (Wildman–Crippen LogP) is 3.93. The summed E-state index contributed by atoms with van der Waals surface area (Å²) in [4.78, 5) is 46.3. The van der Waals surface area contributed by atoms with Gasteiger partial charge < -0.3 is 4.90 Å². The first kappa shape index (κ1) is 18.9. The van der Waals surface area contributed by atoms with Crippen LogP contribution < -0.4 is 0 Å². The average Bonchev–Trinajstić information content (AvgIpc) is 3.33. The highest BCUT2D eigenvalue weighted by molar-refractivity contribution is 8.18. The minimum atomic E-state index is -0.397. The van der Waals surface area contributed by atoms with Gasteiger partial charge in [0.2, 0.25) is 5.91 Å². The number of thiophene rings is 1. The number of hydrogen-bond acceptors (Lipinski definition) is 6. The summed E-state index contributed by atoms with van der Waals surface area (Å²) < 4.78 is 0. The van der Waals surface area contributed by atoms with Crippen molar-refractivity contribution in [3.05, 3.63) is 57.4 Å². The number of nitrogens with zero attached hydrogens (tertiary/aromatic N) is 3. The highest BCUT2D eigenvalue weighted by atomic mass is 32.2. The molecule has 0 aromatic carbocycles. The summed E-state index contributed by atoms with van der Waals surface area (Å²) in [6.45, 7) is 0.406. The molecule has 0 unspecified atom stereocenters. The van der Waals surface area contributed by atoms with E-state index in [1.54, 1.807) is 23.4 Å². The first-order chi connectivity index (χ1) is 13.6. The highest BCUT2D eigenvalue weighted by Crippen LogP contribution is 2.34. The summed E-state index contributed by atoms with van der Waals surface area (Å²) in [6, 6.07) is 7.54. The van der Waals surface area contributed by atoms with E-state index in [0.29, 0.717) is 11.4 Å². The van der Waals surface area contributed by atoms with Crippen LogP contribution in [0.15, 0.2) is 46.9 Å². The molecule has 2 fully saturated rings. The van der Waals surface area contributed by atoms with Gasteiger partial charge in [-0.2, -0.15) is 0 Å². The molecular weight excluding hydrogens is 394 g/mol. The molecule has 6 nitrogen and oxygen atoms in total. The summed E-state index contributed by atoms with van der Waals surface area (Å²) in [5.74, 6) is -0.597. The molecule has 8 heteroatoms. The molecular formula is C20H19N3O3S2. The molecule has 4 rings (SSSR count). The number of piperidine rings is 1. The lowest BCUT2D eigenvalue weighted by molar-refractivity contribution is -0.138. The summed E-state index contributed by atoms with van der Waals surface area (Å²) in [5.41, 5.74) is 0.988. The summed E-state index contributed by atoms with van der Waals surface area (Å²) in [6.07, 6.45) is 8.01. The number of thioether (sulfide) groups is 1. The Labute approximate surface area is 171 Å². The van der Waals surface area contributed by atoms with Crippen molar-refractivity contribution >= 4 is 46.2 Å². The predicted molar refractivity (Wildman–Crippen MR) is 110 cm³/mol. The van der Waals surface area contributed by atoms with Crippen molar-refractivity contribution in [3.8, 4) is 0 Å². The van der Waals surface area contributed by atoms with Crippen molar-refractivity contribution < 1.29 is 14.4 Å². The van der Waals surface area contributed by atoms with Gasteiger partial charge in [0, 0.05) is 23.8 Å². The molecule has 1 atom stereocenters. The van der Waals surface area contributed by atoms with Gasteiger partial charge in [-0.05, 0) is 60.2 Å². The lowest BCUT2D eigenvalue weighted by atomic mass is 9.96. The zero-order valence-corrected chi connectivity index (χ0v) is 16.7. The maximum atomic E-state index is 13.0. The van der Waals surface area contributed by atoms with Crippen molar-refractivity contribution in [2.45, 2.75) is 25.3 Å². The van der Waals surface area contributed by atoms with Gasteiger partial charge in [0.1, 0.15) is 6.54 Å². The molecule has 2 aromatic rings. The van der Waals surface area contributed by atoms with Crippen LogP contribution in [0.4, 0.5) is 4.79 Å². The second-order valence-electron chi connectivity index (χ2n) is 6.67. The fourth-order valence-corrected chi connectivity index (χ4v) is 5.08. The lowest BCUT2D eigenvalue weighted by Gasteiger charge is -2.36. The Bertz CT molecular complexity index is 912. The molecule has 2 aliphatic heterocycles. The van der Waals surface area contributed by atoms with E-state index < -0.39 is 11.1 Å². The first-order valence-electron chi connectivity index (χ1n) is 9.12. The number of hydrogen-bond donors (Lipinski definition) is 0. The first-order valence-corrected chi connectivity index (χ1v) is 10.8. The number of aromatic nitrogens is 1. The maximum absolute atomic E-state index is 13.0. The lowest BCUT2D eigenvalue weighted by Crippen LogP contribution is -2.45. The SMILES string of the molecule is O=C1SC(=Cc2cccs2)C(=O)N1CC(=O)N1CCCC[C@H]1c1cccnc1. The standard InChI is InChI=1S/C20H19N3O3S2/c24-18(22-9-2-1-7-16(22)14-5-3-8-21-12-14)13-23-19(25)17(28-20(23)26)11-15-6-4-10-27-15/h3-6,8,10-12,16H,1-2,7,9,13H2/t16-/m0/s1. The number of carbonyl (C=O) groups is 3. The van der Waals surface area contributed by atoms with E-state index >= 15 is 0 Å². The van der Waals surface area contributed by atoms with E-state index in [1.807, 2.05) is 29.6 Å². The number of carbonyl (C=O) groups excluding carboxylic acids is 3. The average molecular weight is 414 g/mol. The van der Waals surface area contributed by atoms with Gasteiger partial charge in [-0.25, -0.2) is 0 Å². The van der Waals surface area contributed by atoms with Crippen molar-refractivity contribution in [2.75, 3.05) is 13.1 Å². The molecule has 0 N–H and O–H groups in total. The second-order valence-corrected chi connectivity index (χ2v) is 8.64. The van der Waals surface area contributed by atoms with Crippen molar-refractivity contribution in [3.63, 3.8) is 0 Å². The van der Waals surface area contributed by atoms with E-state index in [4.69, 9.17) is 0 Å². The normalized spacial score (nSPS) is 21.6. The molecule has 4 heterocycles. The Hall–Kier alpha value is -2.45. The molecule has 2 aliphatic rings. The van der Waals surface area contributed by atoms with Crippen LogP contribution >= 0.6 is 23.1 Å². The van der Waals surface area contributed by atoms with Crippen LogP contribution in [0.2, 0.25) is 0 Å². The Morgan fingerprint density at radius 1 is 1.25 bits per heavy atom. The zero-order chi connectivity index (χ0) is 19.5. The van der Waals surface area contributed by atoms with Gasteiger partial charge in [-0.1, -0.05) is 12.1 Å². The molecule has 0 spiro atoms. The molecule has 28 heavy (non-hydrogen) atoms. The smallest absolute Gasteiger partial charge is 0.294 e. The van der Waals surface area contributed by atoms with Gasteiger partial charge in [-0.15, -0.1) is 11.3 Å². The number of rotatable bonds is 4. The van der Waals surface area contributed by atoms with E-state index in [9.17, 15) is 14.4 Å². The molecule has 0 radical (unpaired) electrons. The Morgan fingerprint density at radius 3 is 2.89 bits per heavy atom. The Kier molecular flexibility index (Phi) is 5.59. The van der Waals surface area contributed by atoms with Crippen LogP contribution in [-0.4, -0.2) is 44.9 Å². The summed E-state index contributed by atoms with van der Waals surface area (Å²) in [5, 5.41) is 1.52. The van der Waals surface area contributed by atoms with Crippen LogP contribution in [0.3, 0.4) is 0 Å². The largest absolute Gasteiger partial charge is 0.334 e. The summed E-state index contributed by atoms with van der Waals surface area (Å²) in [7, 11) is 0. The highest BCUT2D eigenvalue weighted by Gasteiger charge is 2.38. The van der Waals surface area contributed by atoms with E-state index in [-0.39, 0.29) is 18.5 Å². The number of likely N-dealkylation sites (tertiary alicyclic amines) is 1. The number of imide groups is 1. The molecule has 0 bridgehead atoms. The van der Waals surface area contributed by atoms with Crippen molar-refractivity contribution in [2.24, 2.45) is 0 Å². The van der Waals surface area contributed by atoms with Crippen LogP contribution in [0, 0.1) is 0 Å². The number of pyridine rings is 1. The van der Waals surface area contributed by atoms with Gasteiger partial charge >= 0.3 is 0 Å². The third-order valence-electron chi connectivity index (χ3n) is 4.88. The molecule has 144 valence electrons. The van der Waals surface area contributed by atoms with Crippen LogP contribution in [0.25, 0.3) is 6.08 Å². The fourth-order valence-electron chi connectivity index (χ4n) is 3.51. The third-order valence-corrected chi connectivity index (χ3v) is 6.60. The van der Waals surface area contributed by atoms with Crippen LogP contribution in [0.5, 0.6) is 0 Å². The van der Waals surface area contributed by atoms with Crippen molar-refractivity contribution in [1.29, 1.82) is 0 Å². The Balaban J connectivity index is 1.49. The minimum Gasteiger partial charge on any atom is -0.334 e. The number of amides is 3. The van der Waals surface area contributed by atoms with Gasteiger partial charge in [-0.3, -0.25) is 24.3 Å². The van der Waals surface area contributed by atoms with Crippen LogP contribution in [0.1, 0.15) is 35.7 Å². The monoisotopic (exact) mass is 413 g/mol. The van der Waals surface area contributed by atoms with E-state index in [2.05, 4.69) is 4.98 Å². The molecule has 3 amide bonds. The summed E-state index contributed by atoms with van der Waals surface area (Å²) >= 11 is 2.39. The van der Waals surface area contributed by atoms with E-state index in [0.717, 1.165) is 46.4 Å². The van der Waals surface area contributed by atoms with Gasteiger partial charge in [0.15, 0.2) is 0 Å². The van der Waals surface area contributed by atoms with E-state index in [1.165, 1.54) is 11.3 Å². The third kappa shape index (κ3) is 3.88. The van der Waals surface area contributed by atoms with Gasteiger partial charge in [0.05, 0.1) is 10.9 Å². The topological polar surface area (TPSA) is 70.6 Å². The quantitative estimate of drug-likeness (QED) is 0.710. The van der Waals surface area contributed by atoms with Crippen LogP contribution in [-0.2, 0) is 9.59 Å². The molecule has 2 aromatic heterocycles. The second kappa shape index (κ2) is 8.28. The molecule has 2 saturated heterocycles. The molecule has 0 saturated carbocycles. The minimum absolute atomic E-state index is 0.0588. The molecule has 0 aliphatic carbocycles. The maximum Gasteiger partial charge on any atom is 0.294 e. The Morgan fingerprint density at radius 2 is 2.14 bits per heavy atom.